The Kier molecular flexibility index (Phi) is 6.33. The molecule has 2 rings (SSSR count). The molecule has 106 valence electrons. The molecule has 2 fully saturated rings. The van der Waals surface area contributed by atoms with Crippen molar-refractivity contribution >= 4 is 11.8 Å². The van der Waals surface area contributed by atoms with E-state index in [1.54, 1.807) is 0 Å². The maximum absolute atomic E-state index is 3.80. The highest BCUT2D eigenvalue weighted by Crippen LogP contribution is 2.34. The monoisotopic (exact) mass is 270 g/mol. The minimum atomic E-state index is 0.810. The molecule has 2 heterocycles. The molecule has 0 aromatic heterocycles. The van der Waals surface area contributed by atoms with E-state index in [4.69, 9.17) is 0 Å². The topological polar surface area (TPSA) is 15.3 Å². The fourth-order valence-corrected chi connectivity index (χ4v) is 4.10. The molecule has 0 aromatic rings. The van der Waals surface area contributed by atoms with Gasteiger partial charge in [-0.05, 0) is 64.1 Å². The summed E-state index contributed by atoms with van der Waals surface area (Å²) in [5.74, 6) is 1.34. The molecule has 2 nitrogen and oxygen atoms in total. The number of hydrogen-bond donors (Lipinski definition) is 1. The third-order valence-corrected chi connectivity index (χ3v) is 5.50. The predicted molar refractivity (Wildman–Crippen MR) is 82.4 cm³/mol. The molecule has 0 spiro atoms. The lowest BCUT2D eigenvalue weighted by molar-refractivity contribution is 0.149. The summed E-state index contributed by atoms with van der Waals surface area (Å²) in [6.07, 6.45) is 13.5. The van der Waals surface area contributed by atoms with E-state index in [0.29, 0.717) is 0 Å². The Morgan fingerprint density at radius 2 is 1.72 bits per heavy atom. The van der Waals surface area contributed by atoms with Crippen molar-refractivity contribution in [1.82, 2.24) is 10.2 Å². The third kappa shape index (κ3) is 4.14. The maximum atomic E-state index is 3.80. The van der Waals surface area contributed by atoms with Gasteiger partial charge in [0, 0.05) is 18.1 Å². The van der Waals surface area contributed by atoms with Crippen LogP contribution < -0.4 is 5.32 Å². The molecule has 2 saturated heterocycles. The van der Waals surface area contributed by atoms with Gasteiger partial charge < -0.3 is 10.2 Å². The molecule has 2 unspecified atom stereocenters. The first-order chi connectivity index (χ1) is 8.81. The lowest BCUT2D eigenvalue weighted by Gasteiger charge is -2.36. The van der Waals surface area contributed by atoms with Gasteiger partial charge in [-0.15, -0.1) is 0 Å². The van der Waals surface area contributed by atoms with Crippen molar-refractivity contribution in [2.75, 3.05) is 25.6 Å². The lowest BCUT2D eigenvalue weighted by Crippen LogP contribution is -2.47. The first-order valence-corrected chi connectivity index (χ1v) is 9.15. The van der Waals surface area contributed by atoms with Crippen molar-refractivity contribution in [3.63, 3.8) is 0 Å². The maximum Gasteiger partial charge on any atom is 0.0111 e. The molecule has 2 atom stereocenters. The minimum Gasteiger partial charge on any atom is -0.314 e. The second-order valence-electron chi connectivity index (χ2n) is 6.08. The van der Waals surface area contributed by atoms with Crippen LogP contribution in [0, 0.1) is 0 Å². The molecule has 0 radical (unpaired) electrons. The number of nitrogens with one attached hydrogen (secondary N) is 1. The molecular weight excluding hydrogens is 240 g/mol. The summed E-state index contributed by atoms with van der Waals surface area (Å²) >= 11 is 1.98. The van der Waals surface area contributed by atoms with Crippen molar-refractivity contribution in [2.45, 2.75) is 69.5 Å². The summed E-state index contributed by atoms with van der Waals surface area (Å²) in [4.78, 5) is 2.63. The summed E-state index contributed by atoms with van der Waals surface area (Å²) in [5.41, 5.74) is 0. The van der Waals surface area contributed by atoms with Crippen LogP contribution in [-0.4, -0.2) is 48.6 Å². The van der Waals surface area contributed by atoms with E-state index in [-0.39, 0.29) is 0 Å². The summed E-state index contributed by atoms with van der Waals surface area (Å²) in [7, 11) is 2.32. The van der Waals surface area contributed by atoms with Crippen molar-refractivity contribution in [3.8, 4) is 0 Å². The highest BCUT2D eigenvalue weighted by Gasteiger charge is 2.37. The zero-order valence-electron chi connectivity index (χ0n) is 12.2. The van der Waals surface area contributed by atoms with Gasteiger partial charge in [0.1, 0.15) is 0 Å². The van der Waals surface area contributed by atoms with Crippen molar-refractivity contribution < 1.29 is 0 Å². The van der Waals surface area contributed by atoms with Gasteiger partial charge in [-0.3, -0.25) is 0 Å². The quantitative estimate of drug-likeness (QED) is 0.682. The normalized spacial score (nSPS) is 32.0. The second kappa shape index (κ2) is 7.76. The molecule has 2 bridgehead atoms. The average molecular weight is 270 g/mol. The predicted octanol–water partition coefficient (Wildman–Crippen LogP) is 3.12. The second-order valence-corrected chi connectivity index (χ2v) is 7.07. The molecule has 2 aliphatic heterocycles. The zero-order valence-corrected chi connectivity index (χ0v) is 13.0. The Bertz CT molecular complexity index is 221. The average Bonchev–Trinajstić information content (AvgIpc) is 2.61. The molecule has 1 N–H and O–H groups in total. The van der Waals surface area contributed by atoms with Gasteiger partial charge in [0.2, 0.25) is 0 Å². The first-order valence-electron chi connectivity index (χ1n) is 7.75. The van der Waals surface area contributed by atoms with Gasteiger partial charge in [-0.25, -0.2) is 0 Å². The highest BCUT2D eigenvalue weighted by molar-refractivity contribution is 7.98. The highest BCUT2D eigenvalue weighted by atomic mass is 32.2. The fourth-order valence-electron chi connectivity index (χ4n) is 3.61. The van der Waals surface area contributed by atoms with E-state index in [1.807, 2.05) is 11.8 Å². The summed E-state index contributed by atoms with van der Waals surface area (Å²) in [5, 5.41) is 3.80. The Labute approximate surface area is 117 Å². The zero-order chi connectivity index (χ0) is 12.8. The number of piperidine rings is 1. The number of thioether (sulfide) groups is 1. The van der Waals surface area contributed by atoms with Gasteiger partial charge >= 0.3 is 0 Å². The van der Waals surface area contributed by atoms with Crippen LogP contribution in [0.1, 0.15) is 51.4 Å². The molecule has 0 saturated carbocycles. The van der Waals surface area contributed by atoms with E-state index < -0.39 is 0 Å². The van der Waals surface area contributed by atoms with Crippen LogP contribution >= 0.6 is 11.8 Å². The SMILES string of the molecule is CSCCCCCCNC1CC2CCC(C1)N2C. The first kappa shape index (κ1) is 14.7. The van der Waals surface area contributed by atoms with Gasteiger partial charge in [0.05, 0.1) is 0 Å². The Hall–Kier alpha value is 0.270. The third-order valence-electron chi connectivity index (χ3n) is 4.81. The van der Waals surface area contributed by atoms with E-state index in [9.17, 15) is 0 Å². The Morgan fingerprint density at radius 1 is 1.06 bits per heavy atom. The van der Waals surface area contributed by atoms with E-state index in [0.717, 1.165) is 18.1 Å². The Balaban J connectivity index is 1.50. The number of hydrogen-bond acceptors (Lipinski definition) is 3. The van der Waals surface area contributed by atoms with Crippen LogP contribution in [0.15, 0.2) is 0 Å². The fraction of sp³-hybridized carbons (Fsp3) is 1.00. The van der Waals surface area contributed by atoms with Crippen LogP contribution in [-0.2, 0) is 0 Å². The van der Waals surface area contributed by atoms with Crippen LogP contribution in [0.3, 0.4) is 0 Å². The smallest absolute Gasteiger partial charge is 0.0111 e. The largest absolute Gasteiger partial charge is 0.314 e. The number of nitrogens with zero attached hydrogens (tertiary/aromatic N) is 1. The molecule has 2 aliphatic rings. The van der Waals surface area contributed by atoms with Gasteiger partial charge in [0.25, 0.3) is 0 Å². The number of fused-ring (bicyclic) bond motifs is 2. The van der Waals surface area contributed by atoms with Gasteiger partial charge in [0.15, 0.2) is 0 Å². The molecule has 3 heteroatoms. The van der Waals surface area contributed by atoms with Crippen LogP contribution in [0.5, 0.6) is 0 Å². The summed E-state index contributed by atoms with van der Waals surface area (Å²) in [6.45, 7) is 1.24. The molecular formula is C15H30N2S. The number of rotatable bonds is 8. The summed E-state index contributed by atoms with van der Waals surface area (Å²) in [6, 6.07) is 2.57. The summed E-state index contributed by atoms with van der Waals surface area (Å²) < 4.78 is 0. The van der Waals surface area contributed by atoms with Crippen molar-refractivity contribution in [3.05, 3.63) is 0 Å². The van der Waals surface area contributed by atoms with Crippen molar-refractivity contribution in [1.29, 1.82) is 0 Å². The van der Waals surface area contributed by atoms with Crippen LogP contribution in [0.4, 0.5) is 0 Å². The molecule has 0 aromatic carbocycles. The molecule has 0 aliphatic carbocycles. The number of unbranched alkanes of at least 4 members (excludes halogenated alkanes) is 3. The van der Waals surface area contributed by atoms with Gasteiger partial charge in [-0.1, -0.05) is 12.8 Å². The van der Waals surface area contributed by atoms with Crippen LogP contribution in [0.2, 0.25) is 0 Å². The van der Waals surface area contributed by atoms with Crippen molar-refractivity contribution in [2.24, 2.45) is 0 Å². The van der Waals surface area contributed by atoms with E-state index in [1.165, 1.54) is 63.7 Å². The molecule has 0 amide bonds. The minimum absolute atomic E-state index is 0.810. The van der Waals surface area contributed by atoms with Gasteiger partial charge in [-0.2, -0.15) is 11.8 Å². The van der Waals surface area contributed by atoms with E-state index in [2.05, 4.69) is 23.5 Å². The van der Waals surface area contributed by atoms with Crippen LogP contribution in [0.25, 0.3) is 0 Å². The molecule has 18 heavy (non-hydrogen) atoms. The van der Waals surface area contributed by atoms with E-state index >= 15 is 0 Å². The standard InChI is InChI=1S/C15H30N2S/c1-17-14-7-8-15(17)12-13(11-14)16-9-5-3-4-6-10-18-2/h13-16H,3-12H2,1-2H3. The lowest BCUT2D eigenvalue weighted by atomic mass is 9.98. The Morgan fingerprint density at radius 3 is 2.39 bits per heavy atom.